The monoisotopic (exact) mass is 413 g/mol. The van der Waals surface area contributed by atoms with Gasteiger partial charge in [0.05, 0.1) is 17.6 Å². The van der Waals surface area contributed by atoms with Gasteiger partial charge >= 0.3 is 6.03 Å². The van der Waals surface area contributed by atoms with Crippen LogP contribution in [0, 0.1) is 0 Å². The molecule has 0 saturated carbocycles. The molecule has 2 amide bonds. The first kappa shape index (κ1) is 18.3. The Hall–Kier alpha value is -3.71. The van der Waals surface area contributed by atoms with E-state index in [4.69, 9.17) is 0 Å². The standard InChI is InChI=1S/C23H19N5OS/c29-21(24-15-17-9-3-1-4-10-17)25-22-26-23-27(16-18-11-5-2-6-12-18)19-13-7-8-14-20(19)28(23)30-22/h1-14H,15-16H2,(H,24,29)/b25-22-. The van der Waals surface area contributed by atoms with Crippen molar-refractivity contribution in [1.29, 1.82) is 0 Å². The minimum atomic E-state index is -0.394. The van der Waals surface area contributed by atoms with E-state index in [0.29, 0.717) is 17.9 Å². The topological polar surface area (TPSA) is 63.7 Å². The summed E-state index contributed by atoms with van der Waals surface area (Å²) in [6.07, 6.45) is 0. The fraction of sp³-hybridized carbons (Fsp3) is 0.0870. The average Bonchev–Trinajstić information content (AvgIpc) is 3.32. The van der Waals surface area contributed by atoms with Crippen molar-refractivity contribution in [3.63, 3.8) is 0 Å². The number of rotatable bonds is 4. The molecule has 0 saturated heterocycles. The second kappa shape index (κ2) is 7.96. The number of amides is 2. The van der Waals surface area contributed by atoms with E-state index in [1.165, 1.54) is 17.1 Å². The van der Waals surface area contributed by atoms with Crippen molar-refractivity contribution in [3.05, 3.63) is 101 Å². The van der Waals surface area contributed by atoms with Crippen molar-refractivity contribution in [2.24, 2.45) is 4.99 Å². The molecule has 5 rings (SSSR count). The lowest BCUT2D eigenvalue weighted by atomic mass is 10.2. The third-order valence-corrected chi connectivity index (χ3v) is 5.74. The zero-order valence-corrected chi connectivity index (χ0v) is 16.9. The Balaban J connectivity index is 1.49. The van der Waals surface area contributed by atoms with Gasteiger partial charge in [-0.05, 0) is 34.8 Å². The van der Waals surface area contributed by atoms with Crippen LogP contribution in [0.1, 0.15) is 11.1 Å². The molecule has 0 radical (unpaired) electrons. The molecule has 0 bridgehead atoms. The van der Waals surface area contributed by atoms with E-state index in [2.05, 4.69) is 44.1 Å². The quantitative estimate of drug-likeness (QED) is 0.480. The molecular formula is C23H19N5OS. The van der Waals surface area contributed by atoms with E-state index < -0.39 is 6.03 Å². The molecule has 2 aromatic heterocycles. The first-order valence-corrected chi connectivity index (χ1v) is 10.4. The zero-order valence-electron chi connectivity index (χ0n) is 16.1. The van der Waals surface area contributed by atoms with Gasteiger partial charge in [-0.1, -0.05) is 72.8 Å². The lowest BCUT2D eigenvalue weighted by Crippen LogP contribution is -2.21. The fourth-order valence-corrected chi connectivity index (χ4v) is 4.32. The zero-order chi connectivity index (χ0) is 20.3. The number of benzene rings is 3. The Morgan fingerprint density at radius 2 is 1.50 bits per heavy atom. The highest BCUT2D eigenvalue weighted by atomic mass is 32.1. The average molecular weight is 414 g/mol. The van der Waals surface area contributed by atoms with Crippen LogP contribution in [0.3, 0.4) is 0 Å². The molecule has 0 aliphatic heterocycles. The fourth-order valence-electron chi connectivity index (χ4n) is 3.44. The van der Waals surface area contributed by atoms with Gasteiger partial charge in [-0.15, -0.1) is 0 Å². The van der Waals surface area contributed by atoms with Gasteiger partial charge in [-0.3, -0.25) is 0 Å². The highest BCUT2D eigenvalue weighted by Gasteiger charge is 2.14. The molecule has 2 heterocycles. The van der Waals surface area contributed by atoms with E-state index in [1.807, 2.05) is 64.5 Å². The summed E-state index contributed by atoms with van der Waals surface area (Å²) in [5.41, 5.74) is 4.36. The number of para-hydroxylation sites is 2. The number of hydrogen-bond donors (Lipinski definition) is 1. The Morgan fingerprint density at radius 1 is 0.867 bits per heavy atom. The van der Waals surface area contributed by atoms with Gasteiger partial charge in [0.15, 0.2) is 0 Å². The summed E-state index contributed by atoms with van der Waals surface area (Å²) in [7, 11) is 0. The third-order valence-electron chi connectivity index (χ3n) is 4.85. The Morgan fingerprint density at radius 3 is 2.23 bits per heavy atom. The molecule has 30 heavy (non-hydrogen) atoms. The minimum absolute atomic E-state index is 0.394. The number of carbonyl (C=O) groups is 1. The summed E-state index contributed by atoms with van der Waals surface area (Å²) in [5.74, 6) is 0.777. The molecule has 0 aliphatic carbocycles. The van der Waals surface area contributed by atoms with Gasteiger partial charge in [0.25, 0.3) is 0 Å². The summed E-state index contributed by atoms with van der Waals surface area (Å²) in [6.45, 7) is 1.13. The van der Waals surface area contributed by atoms with Crippen LogP contribution in [0.2, 0.25) is 0 Å². The third kappa shape index (κ3) is 3.62. The predicted molar refractivity (Wildman–Crippen MR) is 118 cm³/mol. The smallest absolute Gasteiger partial charge is 0.332 e. The molecule has 0 fully saturated rings. The van der Waals surface area contributed by atoms with E-state index >= 15 is 0 Å². The maximum absolute atomic E-state index is 12.3. The summed E-state index contributed by atoms with van der Waals surface area (Å²) in [4.78, 5) is 21.5. The van der Waals surface area contributed by atoms with Crippen LogP contribution >= 0.6 is 11.5 Å². The van der Waals surface area contributed by atoms with Crippen LogP contribution in [0.25, 0.3) is 16.8 Å². The van der Waals surface area contributed by atoms with Crippen molar-refractivity contribution in [2.75, 3.05) is 0 Å². The molecule has 0 unspecified atom stereocenters. The Bertz CT molecular complexity index is 1380. The largest absolute Gasteiger partial charge is 0.343 e. The number of carbonyl (C=O) groups excluding carboxylic acids is 1. The van der Waals surface area contributed by atoms with Crippen LogP contribution in [0.5, 0.6) is 0 Å². The number of fused-ring (bicyclic) bond motifs is 3. The maximum Gasteiger partial charge on any atom is 0.343 e. The summed E-state index contributed by atoms with van der Waals surface area (Å²) < 4.78 is 4.18. The second-order valence-electron chi connectivity index (χ2n) is 6.90. The maximum atomic E-state index is 12.3. The molecule has 6 nitrogen and oxygen atoms in total. The molecule has 0 spiro atoms. The summed E-state index contributed by atoms with van der Waals surface area (Å²) >= 11 is 1.37. The van der Waals surface area contributed by atoms with E-state index in [9.17, 15) is 4.79 Å². The van der Waals surface area contributed by atoms with E-state index in [-0.39, 0.29) is 0 Å². The van der Waals surface area contributed by atoms with Crippen molar-refractivity contribution in [1.82, 2.24) is 18.7 Å². The number of nitrogens with one attached hydrogen (secondary N) is 1. The first-order chi connectivity index (χ1) is 14.8. The van der Waals surface area contributed by atoms with Crippen LogP contribution in [0.4, 0.5) is 4.79 Å². The number of urea groups is 1. The highest BCUT2D eigenvalue weighted by molar-refractivity contribution is 7.04. The molecule has 1 N–H and O–H groups in total. The lowest BCUT2D eigenvalue weighted by molar-refractivity contribution is 0.248. The second-order valence-corrected chi connectivity index (χ2v) is 7.81. The van der Waals surface area contributed by atoms with Gasteiger partial charge in [0.1, 0.15) is 0 Å². The minimum Gasteiger partial charge on any atom is -0.332 e. The highest BCUT2D eigenvalue weighted by Crippen LogP contribution is 2.22. The molecule has 3 aromatic carbocycles. The normalized spacial score (nSPS) is 11.9. The van der Waals surface area contributed by atoms with E-state index in [1.54, 1.807) is 0 Å². The van der Waals surface area contributed by atoms with Gasteiger partial charge in [-0.25, -0.2) is 8.58 Å². The molecule has 148 valence electrons. The summed E-state index contributed by atoms with van der Waals surface area (Å²) in [6, 6.07) is 27.8. The van der Waals surface area contributed by atoms with Gasteiger partial charge in [0.2, 0.25) is 10.6 Å². The lowest BCUT2D eigenvalue weighted by Gasteiger charge is -2.04. The number of nitrogens with zero attached hydrogens (tertiary/aromatic N) is 4. The number of hydrogen-bond acceptors (Lipinski definition) is 3. The van der Waals surface area contributed by atoms with Crippen LogP contribution in [-0.4, -0.2) is 19.4 Å². The van der Waals surface area contributed by atoms with Crippen LogP contribution in [0.15, 0.2) is 89.9 Å². The van der Waals surface area contributed by atoms with Crippen molar-refractivity contribution >= 4 is 34.4 Å². The predicted octanol–water partition coefficient (Wildman–Crippen LogP) is 4.21. The van der Waals surface area contributed by atoms with Crippen molar-refractivity contribution in [3.8, 4) is 0 Å². The van der Waals surface area contributed by atoms with Gasteiger partial charge in [-0.2, -0.15) is 9.98 Å². The number of imidazole rings is 1. The van der Waals surface area contributed by atoms with Crippen LogP contribution in [-0.2, 0) is 13.1 Å². The molecule has 7 heteroatoms. The molecular weight excluding hydrogens is 394 g/mol. The first-order valence-electron chi connectivity index (χ1n) is 9.66. The number of aromatic nitrogens is 3. The van der Waals surface area contributed by atoms with Gasteiger partial charge < -0.3 is 9.88 Å². The SMILES string of the molecule is O=C(/N=c1/nc2n(Cc3ccccc3)c3ccccc3n2s1)NCc1ccccc1. The van der Waals surface area contributed by atoms with Crippen molar-refractivity contribution < 1.29 is 4.79 Å². The molecule has 0 atom stereocenters. The van der Waals surface area contributed by atoms with Gasteiger partial charge in [0, 0.05) is 6.54 Å². The molecule has 0 aliphatic rings. The van der Waals surface area contributed by atoms with E-state index in [0.717, 1.165) is 22.4 Å². The van der Waals surface area contributed by atoms with Crippen LogP contribution < -0.4 is 10.1 Å². The van der Waals surface area contributed by atoms with Crippen molar-refractivity contribution in [2.45, 2.75) is 13.1 Å². The molecule has 5 aromatic rings. The Labute approximate surface area is 176 Å². The Kier molecular flexibility index (Phi) is 4.86. The summed E-state index contributed by atoms with van der Waals surface area (Å²) in [5, 5.41) is 2.82.